The molecule has 0 aliphatic carbocycles. The maximum atomic E-state index is 6.47. The Kier molecular flexibility index (Phi) is 5.84. The highest BCUT2D eigenvalue weighted by Crippen LogP contribution is 2.27. The number of aromatic nitrogens is 6. The van der Waals surface area contributed by atoms with Crippen molar-refractivity contribution in [1.29, 1.82) is 0 Å². The molecule has 4 heterocycles. The fraction of sp³-hybridized carbons (Fsp3) is 0.190. The van der Waals surface area contributed by atoms with E-state index in [4.69, 9.17) is 25.6 Å². The smallest absolute Gasteiger partial charge is 0.248 e. The Morgan fingerprint density at radius 2 is 2.00 bits per heavy atom. The van der Waals surface area contributed by atoms with Gasteiger partial charge in [-0.15, -0.1) is 20.4 Å². The molecule has 168 valence electrons. The third-order valence-electron chi connectivity index (χ3n) is 4.81. The number of rotatable bonds is 6. The molecule has 0 amide bonds. The Morgan fingerprint density at radius 1 is 1.12 bits per heavy atom. The summed E-state index contributed by atoms with van der Waals surface area (Å²) in [6, 6.07) is 10.9. The molecule has 2 unspecified atom stereocenters. The monoisotopic (exact) mass is 466 g/mol. The Balaban J connectivity index is 1.48. The number of nitrogens with zero attached hydrogens (tertiary/aromatic N) is 6. The molecule has 1 aliphatic heterocycles. The molecule has 1 fully saturated rings. The number of hydroxylamine groups is 1. The standard InChI is InChI=1S/C21H19ClN8O3/c1-12-24-21(33-29-12)19-27-25-16(30(19)15-6-4-3-5-14(15)22)7-8-17-26-28-20(32-17)13-9-10-23-18(11-13)31-2/h3-12,21,24,29H,1-2H3/b8-7+. The summed E-state index contributed by atoms with van der Waals surface area (Å²) in [5, 5.41) is 20.6. The van der Waals surface area contributed by atoms with E-state index in [1.807, 2.05) is 25.1 Å². The zero-order valence-electron chi connectivity index (χ0n) is 17.6. The highest BCUT2D eigenvalue weighted by atomic mass is 35.5. The van der Waals surface area contributed by atoms with Crippen LogP contribution >= 0.6 is 11.6 Å². The molecule has 1 saturated heterocycles. The molecular weight excluding hydrogens is 448 g/mol. The highest BCUT2D eigenvalue weighted by Gasteiger charge is 2.29. The number of pyridine rings is 1. The van der Waals surface area contributed by atoms with Gasteiger partial charge in [-0.25, -0.2) is 4.98 Å². The first-order valence-electron chi connectivity index (χ1n) is 10.0. The Morgan fingerprint density at radius 3 is 2.79 bits per heavy atom. The van der Waals surface area contributed by atoms with E-state index in [2.05, 4.69) is 36.2 Å². The van der Waals surface area contributed by atoms with Gasteiger partial charge in [-0.2, -0.15) is 5.48 Å². The highest BCUT2D eigenvalue weighted by molar-refractivity contribution is 6.32. The van der Waals surface area contributed by atoms with Crippen molar-refractivity contribution in [1.82, 2.24) is 40.7 Å². The molecule has 0 saturated carbocycles. The van der Waals surface area contributed by atoms with Gasteiger partial charge in [0.1, 0.15) is 0 Å². The summed E-state index contributed by atoms with van der Waals surface area (Å²) in [5.41, 5.74) is 4.27. The quantitative estimate of drug-likeness (QED) is 0.438. The summed E-state index contributed by atoms with van der Waals surface area (Å²) < 4.78 is 12.7. The summed E-state index contributed by atoms with van der Waals surface area (Å²) in [6.07, 6.45) is 4.42. The van der Waals surface area contributed by atoms with Crippen LogP contribution in [0.4, 0.5) is 0 Å². The lowest BCUT2D eigenvalue weighted by Crippen LogP contribution is -2.28. The molecular formula is C21H19ClN8O3. The van der Waals surface area contributed by atoms with Crippen LogP contribution in [0.25, 0.3) is 29.3 Å². The van der Waals surface area contributed by atoms with Gasteiger partial charge in [0.05, 0.1) is 24.0 Å². The van der Waals surface area contributed by atoms with Crippen molar-refractivity contribution in [3.8, 4) is 23.0 Å². The van der Waals surface area contributed by atoms with Crippen molar-refractivity contribution in [2.75, 3.05) is 7.11 Å². The van der Waals surface area contributed by atoms with E-state index in [0.29, 0.717) is 45.6 Å². The Labute approximate surface area is 193 Å². The number of hydrogen-bond donors (Lipinski definition) is 2. The summed E-state index contributed by atoms with van der Waals surface area (Å²) in [5.74, 6) is 2.13. The van der Waals surface area contributed by atoms with Crippen molar-refractivity contribution in [3.05, 3.63) is 65.2 Å². The van der Waals surface area contributed by atoms with Crippen LogP contribution in [0.2, 0.25) is 5.02 Å². The normalized spacial score (nSPS) is 18.3. The van der Waals surface area contributed by atoms with Crippen molar-refractivity contribution in [2.45, 2.75) is 19.3 Å². The summed E-state index contributed by atoms with van der Waals surface area (Å²) in [6.45, 7) is 1.93. The molecule has 2 N–H and O–H groups in total. The predicted molar refractivity (Wildman–Crippen MR) is 119 cm³/mol. The lowest BCUT2D eigenvalue weighted by Gasteiger charge is -2.13. The van der Waals surface area contributed by atoms with Crippen molar-refractivity contribution in [3.63, 3.8) is 0 Å². The topological polar surface area (TPSA) is 125 Å². The van der Waals surface area contributed by atoms with Gasteiger partial charge in [0, 0.05) is 23.9 Å². The van der Waals surface area contributed by atoms with Crippen LogP contribution < -0.4 is 15.5 Å². The van der Waals surface area contributed by atoms with Crippen LogP contribution in [0.3, 0.4) is 0 Å². The number of halogens is 1. The largest absolute Gasteiger partial charge is 0.481 e. The Hall–Kier alpha value is -3.64. The predicted octanol–water partition coefficient (Wildman–Crippen LogP) is 3.01. The van der Waals surface area contributed by atoms with Crippen molar-refractivity contribution >= 4 is 23.8 Å². The van der Waals surface area contributed by atoms with Gasteiger partial charge < -0.3 is 9.15 Å². The number of methoxy groups -OCH3 is 1. The van der Waals surface area contributed by atoms with E-state index in [1.165, 1.54) is 0 Å². The zero-order chi connectivity index (χ0) is 22.8. The van der Waals surface area contributed by atoms with Crippen molar-refractivity contribution < 1.29 is 14.0 Å². The molecule has 1 aliphatic rings. The second-order valence-electron chi connectivity index (χ2n) is 7.07. The molecule has 11 nitrogen and oxygen atoms in total. The molecule has 0 bridgehead atoms. The van der Waals surface area contributed by atoms with Crippen LogP contribution in [0, 0.1) is 0 Å². The van der Waals surface area contributed by atoms with E-state index >= 15 is 0 Å². The number of hydrogen-bond acceptors (Lipinski definition) is 10. The molecule has 1 aromatic carbocycles. The fourth-order valence-electron chi connectivity index (χ4n) is 3.28. The van der Waals surface area contributed by atoms with Gasteiger partial charge in [0.2, 0.25) is 17.7 Å². The first-order chi connectivity index (χ1) is 16.1. The number of ether oxygens (including phenoxy) is 1. The lowest BCUT2D eigenvalue weighted by atomic mass is 10.3. The van der Waals surface area contributed by atoms with Crippen LogP contribution in [0.15, 0.2) is 47.0 Å². The molecule has 12 heteroatoms. The summed E-state index contributed by atoms with van der Waals surface area (Å²) >= 11 is 6.47. The van der Waals surface area contributed by atoms with Gasteiger partial charge in [-0.1, -0.05) is 23.7 Å². The third kappa shape index (κ3) is 4.34. The van der Waals surface area contributed by atoms with Crippen LogP contribution in [-0.4, -0.2) is 43.2 Å². The fourth-order valence-corrected chi connectivity index (χ4v) is 3.50. The van der Waals surface area contributed by atoms with E-state index in [1.54, 1.807) is 48.2 Å². The molecule has 0 radical (unpaired) electrons. The number of benzene rings is 1. The molecule has 2 atom stereocenters. The molecule has 0 spiro atoms. The van der Waals surface area contributed by atoms with E-state index in [0.717, 1.165) is 0 Å². The minimum Gasteiger partial charge on any atom is -0.481 e. The van der Waals surface area contributed by atoms with E-state index in [-0.39, 0.29) is 6.17 Å². The summed E-state index contributed by atoms with van der Waals surface area (Å²) in [4.78, 5) is 9.67. The first kappa shape index (κ1) is 21.2. The molecule has 5 rings (SSSR count). The van der Waals surface area contributed by atoms with Crippen LogP contribution in [0.1, 0.15) is 30.7 Å². The zero-order valence-corrected chi connectivity index (χ0v) is 18.4. The van der Waals surface area contributed by atoms with Crippen LogP contribution in [0.5, 0.6) is 5.88 Å². The molecule has 3 aromatic heterocycles. The average Bonchev–Trinajstić information content (AvgIpc) is 3.57. The summed E-state index contributed by atoms with van der Waals surface area (Å²) in [7, 11) is 1.54. The maximum Gasteiger partial charge on any atom is 0.248 e. The second kappa shape index (κ2) is 9.08. The number of para-hydroxylation sites is 1. The Bertz CT molecular complexity index is 1300. The van der Waals surface area contributed by atoms with Crippen molar-refractivity contribution in [2.24, 2.45) is 0 Å². The third-order valence-corrected chi connectivity index (χ3v) is 5.13. The van der Waals surface area contributed by atoms with Gasteiger partial charge in [-0.3, -0.25) is 14.7 Å². The van der Waals surface area contributed by atoms with Gasteiger partial charge in [0.15, 0.2) is 17.9 Å². The van der Waals surface area contributed by atoms with Gasteiger partial charge >= 0.3 is 0 Å². The lowest BCUT2D eigenvalue weighted by molar-refractivity contribution is 0.0168. The van der Waals surface area contributed by atoms with Gasteiger partial charge in [0.25, 0.3) is 0 Å². The minimum atomic E-state index is -0.511. The SMILES string of the molecule is COc1cc(-c2nnc(/C=C/c3nnc(C4NC(C)NO4)n3-c3ccccc3Cl)o2)ccn1. The average molecular weight is 467 g/mol. The van der Waals surface area contributed by atoms with Gasteiger partial charge in [-0.05, 0) is 31.2 Å². The van der Waals surface area contributed by atoms with E-state index in [9.17, 15) is 0 Å². The minimum absolute atomic E-state index is 0.0472. The maximum absolute atomic E-state index is 6.47. The first-order valence-corrected chi connectivity index (χ1v) is 10.4. The van der Waals surface area contributed by atoms with E-state index < -0.39 is 6.23 Å². The second-order valence-corrected chi connectivity index (χ2v) is 7.48. The molecule has 4 aromatic rings. The molecule has 33 heavy (non-hydrogen) atoms. The van der Waals surface area contributed by atoms with Crippen LogP contribution in [-0.2, 0) is 4.84 Å². The number of nitrogens with one attached hydrogen (secondary N) is 2.